The van der Waals surface area contributed by atoms with Gasteiger partial charge in [-0.15, -0.1) is 0 Å². The topological polar surface area (TPSA) is 28.2 Å². The minimum Gasteiger partial charge on any atom is -0.319 e. The first kappa shape index (κ1) is 11.6. The van der Waals surface area contributed by atoms with Crippen LogP contribution < -0.4 is 5.32 Å². The molecule has 1 aromatic rings. The molecule has 88 valence electrons. The fourth-order valence-corrected chi connectivity index (χ4v) is 2.58. The van der Waals surface area contributed by atoms with Gasteiger partial charge in [-0.1, -0.05) is 13.0 Å². The first-order chi connectivity index (χ1) is 7.72. The van der Waals surface area contributed by atoms with Crippen LogP contribution in [0.2, 0.25) is 0 Å². The van der Waals surface area contributed by atoms with E-state index in [1.807, 2.05) is 25.5 Å². The number of aromatic nitrogens is 1. The molecule has 16 heavy (non-hydrogen) atoms. The smallest absolute Gasteiger partial charge is 0.0312 e. The molecule has 0 amide bonds. The van der Waals surface area contributed by atoms with Crippen LogP contribution >= 0.6 is 0 Å². The summed E-state index contributed by atoms with van der Waals surface area (Å²) in [5.41, 5.74) is 1.76. The van der Waals surface area contributed by atoms with Crippen molar-refractivity contribution >= 4 is 0 Å². The third kappa shape index (κ3) is 2.80. The molecule has 1 N–H and O–H groups in total. The largest absolute Gasteiger partial charge is 0.319 e. The van der Waals surface area contributed by atoms with Crippen molar-refractivity contribution in [3.05, 3.63) is 30.1 Å². The molecule has 1 aliphatic heterocycles. The molecule has 1 unspecified atom stereocenters. The van der Waals surface area contributed by atoms with Crippen LogP contribution in [0, 0.1) is 5.41 Å². The molecule has 0 saturated carbocycles. The zero-order valence-electron chi connectivity index (χ0n) is 10.2. The molecule has 0 spiro atoms. The third-order valence-corrected chi connectivity index (χ3v) is 3.37. The Bertz CT molecular complexity index is 325. The quantitative estimate of drug-likeness (QED) is 0.832. The van der Waals surface area contributed by atoms with E-state index in [1.54, 1.807) is 0 Å². The SMILES string of the molecule is CNCC1(C)CCN(Cc2cccnc2)C1. The predicted octanol–water partition coefficient (Wildman–Crippen LogP) is 1.51. The second kappa shape index (κ2) is 4.93. The minimum atomic E-state index is 0.441. The molecule has 1 aromatic heterocycles. The average Bonchev–Trinajstić information content (AvgIpc) is 2.62. The van der Waals surface area contributed by atoms with Gasteiger partial charge in [-0.05, 0) is 37.1 Å². The lowest BCUT2D eigenvalue weighted by atomic mass is 9.90. The van der Waals surface area contributed by atoms with Gasteiger partial charge in [0.2, 0.25) is 0 Å². The fraction of sp³-hybridized carbons (Fsp3) is 0.615. The molecule has 2 rings (SSSR count). The van der Waals surface area contributed by atoms with Gasteiger partial charge in [0.15, 0.2) is 0 Å². The summed E-state index contributed by atoms with van der Waals surface area (Å²) >= 11 is 0. The molecule has 0 bridgehead atoms. The number of likely N-dealkylation sites (tertiary alicyclic amines) is 1. The van der Waals surface area contributed by atoms with Crippen LogP contribution in [-0.4, -0.2) is 36.6 Å². The lowest BCUT2D eigenvalue weighted by Gasteiger charge is -2.24. The molecule has 1 atom stereocenters. The summed E-state index contributed by atoms with van der Waals surface area (Å²) in [6.45, 7) is 6.90. The van der Waals surface area contributed by atoms with Crippen LogP contribution in [0.1, 0.15) is 18.9 Å². The molecule has 3 heteroatoms. The zero-order chi connectivity index (χ0) is 11.4. The molecule has 0 aromatic carbocycles. The zero-order valence-corrected chi connectivity index (χ0v) is 10.2. The van der Waals surface area contributed by atoms with Crippen molar-refractivity contribution in [3.8, 4) is 0 Å². The number of nitrogens with zero attached hydrogens (tertiary/aromatic N) is 2. The number of hydrogen-bond acceptors (Lipinski definition) is 3. The average molecular weight is 219 g/mol. The summed E-state index contributed by atoms with van der Waals surface area (Å²) < 4.78 is 0. The molecule has 2 heterocycles. The maximum atomic E-state index is 4.16. The Hall–Kier alpha value is -0.930. The Kier molecular flexibility index (Phi) is 3.56. The Morgan fingerprint density at radius 3 is 3.12 bits per heavy atom. The van der Waals surface area contributed by atoms with Crippen LogP contribution in [0.4, 0.5) is 0 Å². The highest BCUT2D eigenvalue weighted by molar-refractivity contribution is 5.08. The van der Waals surface area contributed by atoms with Crippen molar-refractivity contribution in [3.63, 3.8) is 0 Å². The van der Waals surface area contributed by atoms with Crippen LogP contribution in [-0.2, 0) is 6.54 Å². The van der Waals surface area contributed by atoms with Gasteiger partial charge in [-0.2, -0.15) is 0 Å². The minimum absolute atomic E-state index is 0.441. The monoisotopic (exact) mass is 219 g/mol. The van der Waals surface area contributed by atoms with Crippen LogP contribution in [0.3, 0.4) is 0 Å². The van der Waals surface area contributed by atoms with Crippen molar-refractivity contribution in [2.24, 2.45) is 5.41 Å². The number of hydrogen-bond donors (Lipinski definition) is 1. The van der Waals surface area contributed by atoms with Crippen molar-refractivity contribution in [1.29, 1.82) is 0 Å². The third-order valence-electron chi connectivity index (χ3n) is 3.37. The summed E-state index contributed by atoms with van der Waals surface area (Å²) in [6.07, 6.45) is 5.08. The van der Waals surface area contributed by atoms with Crippen molar-refractivity contribution in [2.75, 3.05) is 26.7 Å². The van der Waals surface area contributed by atoms with E-state index >= 15 is 0 Å². The lowest BCUT2D eigenvalue weighted by Crippen LogP contribution is -2.32. The Morgan fingerprint density at radius 2 is 2.44 bits per heavy atom. The van der Waals surface area contributed by atoms with E-state index in [0.29, 0.717) is 5.41 Å². The number of pyridine rings is 1. The Balaban J connectivity index is 1.90. The van der Waals surface area contributed by atoms with Crippen molar-refractivity contribution in [1.82, 2.24) is 15.2 Å². The number of nitrogens with one attached hydrogen (secondary N) is 1. The van der Waals surface area contributed by atoms with Gasteiger partial charge in [0.1, 0.15) is 0 Å². The molecule has 0 radical (unpaired) electrons. The van der Waals surface area contributed by atoms with E-state index in [0.717, 1.165) is 13.1 Å². The first-order valence-corrected chi connectivity index (χ1v) is 5.98. The van der Waals surface area contributed by atoms with Gasteiger partial charge in [0.25, 0.3) is 0 Å². The maximum Gasteiger partial charge on any atom is 0.0312 e. The molecular weight excluding hydrogens is 198 g/mol. The van der Waals surface area contributed by atoms with Crippen LogP contribution in [0.25, 0.3) is 0 Å². The number of rotatable bonds is 4. The summed E-state index contributed by atoms with van der Waals surface area (Å²) in [5, 5.41) is 3.30. The van der Waals surface area contributed by atoms with E-state index in [9.17, 15) is 0 Å². The van der Waals surface area contributed by atoms with E-state index in [2.05, 4.69) is 28.2 Å². The van der Waals surface area contributed by atoms with E-state index in [1.165, 1.54) is 25.1 Å². The van der Waals surface area contributed by atoms with Gasteiger partial charge in [-0.25, -0.2) is 0 Å². The Labute approximate surface area is 97.9 Å². The standard InChI is InChI=1S/C13H21N3/c1-13(10-14-2)5-7-16(11-13)9-12-4-3-6-15-8-12/h3-4,6,8,14H,5,7,9-11H2,1-2H3. The maximum absolute atomic E-state index is 4.16. The molecule has 1 aliphatic rings. The highest BCUT2D eigenvalue weighted by Gasteiger charge is 2.32. The summed E-state index contributed by atoms with van der Waals surface area (Å²) in [7, 11) is 2.04. The van der Waals surface area contributed by atoms with E-state index in [4.69, 9.17) is 0 Å². The van der Waals surface area contributed by atoms with E-state index < -0.39 is 0 Å². The highest BCUT2D eigenvalue weighted by Crippen LogP contribution is 2.29. The van der Waals surface area contributed by atoms with Gasteiger partial charge in [0, 0.05) is 32.0 Å². The second-order valence-electron chi connectivity index (χ2n) is 5.16. The van der Waals surface area contributed by atoms with Crippen LogP contribution in [0.5, 0.6) is 0 Å². The molecule has 3 nitrogen and oxygen atoms in total. The van der Waals surface area contributed by atoms with E-state index in [-0.39, 0.29) is 0 Å². The normalized spacial score (nSPS) is 26.1. The summed E-state index contributed by atoms with van der Waals surface area (Å²) in [6, 6.07) is 4.17. The molecule has 1 saturated heterocycles. The summed E-state index contributed by atoms with van der Waals surface area (Å²) in [5.74, 6) is 0. The summed E-state index contributed by atoms with van der Waals surface area (Å²) in [4.78, 5) is 6.68. The lowest BCUT2D eigenvalue weighted by molar-refractivity contribution is 0.265. The van der Waals surface area contributed by atoms with Gasteiger partial charge in [0.05, 0.1) is 0 Å². The van der Waals surface area contributed by atoms with Gasteiger partial charge >= 0.3 is 0 Å². The van der Waals surface area contributed by atoms with Crippen molar-refractivity contribution in [2.45, 2.75) is 19.9 Å². The Morgan fingerprint density at radius 1 is 1.56 bits per heavy atom. The van der Waals surface area contributed by atoms with Crippen molar-refractivity contribution < 1.29 is 0 Å². The highest BCUT2D eigenvalue weighted by atomic mass is 15.2. The first-order valence-electron chi connectivity index (χ1n) is 5.98. The second-order valence-corrected chi connectivity index (χ2v) is 5.16. The van der Waals surface area contributed by atoms with Gasteiger partial charge in [-0.3, -0.25) is 9.88 Å². The molecule has 1 fully saturated rings. The fourth-order valence-electron chi connectivity index (χ4n) is 2.58. The molecule has 0 aliphatic carbocycles. The predicted molar refractivity (Wildman–Crippen MR) is 66.2 cm³/mol. The molecular formula is C13H21N3. The van der Waals surface area contributed by atoms with Gasteiger partial charge < -0.3 is 5.32 Å². The van der Waals surface area contributed by atoms with Crippen LogP contribution in [0.15, 0.2) is 24.5 Å².